The Morgan fingerprint density at radius 3 is 1.33 bits per heavy atom. The molecule has 2 nitrogen and oxygen atoms in total. The number of carbonyl (C=O) groups excluding carboxylic acids is 2. The van der Waals surface area contributed by atoms with Crippen molar-refractivity contribution >= 4 is 35.5 Å². The maximum absolute atomic E-state index is 10.0. The molecule has 0 aliphatic carbocycles. The van der Waals surface area contributed by atoms with Gasteiger partial charge in [0.2, 0.25) is 0 Å². The molecule has 0 aliphatic rings. The molecule has 0 bridgehead atoms. The Bertz CT molecular complexity index is 91.1. The van der Waals surface area contributed by atoms with Crippen molar-refractivity contribution in [3.05, 3.63) is 0 Å². The van der Waals surface area contributed by atoms with Crippen LogP contribution in [-0.4, -0.2) is 35.5 Å². The average Bonchev–Trinajstić information content (AvgIpc) is 1.27. The van der Waals surface area contributed by atoms with E-state index in [4.69, 9.17) is 0 Å². The molecule has 0 rings (SSSR count). The van der Waals surface area contributed by atoms with Crippen molar-refractivity contribution in [1.29, 1.82) is 0 Å². The number of rotatable bonds is 2. The Morgan fingerprint density at radius 1 is 1.11 bits per heavy atom. The summed E-state index contributed by atoms with van der Waals surface area (Å²) in [6, 6.07) is 0. The zero-order valence-corrected chi connectivity index (χ0v) is 11.3. The summed E-state index contributed by atoms with van der Waals surface area (Å²) in [5.41, 5.74) is 0. The fraction of sp³-hybridized carbons (Fsp3) is 0.600. The zero-order valence-electron chi connectivity index (χ0n) is 5.73. The van der Waals surface area contributed by atoms with Crippen LogP contribution in [-0.2, 0) is 31.3 Å². The normalized spacial score (nSPS) is 6.44. The smallest absolute Gasteiger partial charge is 0 e. The Balaban J connectivity index is -0.000000180. The van der Waals surface area contributed by atoms with Crippen LogP contribution in [0.2, 0.25) is 0 Å². The molecule has 0 amide bonds. The van der Waals surface area contributed by atoms with Gasteiger partial charge in [-0.15, -0.1) is 0 Å². The summed E-state index contributed by atoms with van der Waals surface area (Å²) in [5, 5.41) is 0. The summed E-state index contributed by atoms with van der Waals surface area (Å²) in [7, 11) is 0. The third kappa shape index (κ3) is 17.7. The number of Topliss-reactive ketones (excluding diaryl/α,β-unsaturated/α-hetero) is 2. The van der Waals surface area contributed by atoms with Gasteiger partial charge in [-0.3, -0.25) is 9.59 Å². The van der Waals surface area contributed by atoms with Crippen LogP contribution in [0.3, 0.4) is 0 Å². The largest absolute Gasteiger partial charge is 0 e. The quantitative estimate of drug-likeness (QED) is 0.506. The first-order valence-electron chi connectivity index (χ1n) is 2.12. The van der Waals surface area contributed by atoms with Gasteiger partial charge in [-0.25, -0.2) is 0 Å². The van der Waals surface area contributed by atoms with Crippen LogP contribution < -0.4 is 0 Å². The molecule has 0 fully saturated rings. The number of carbonyl (C=O) groups is 2. The van der Waals surface area contributed by atoms with Crippen LogP contribution in [0, 0.1) is 0 Å². The first-order chi connectivity index (χ1) is 3.13. The molecule has 4 heteroatoms. The predicted octanol–water partition coefficient (Wildman–Crippen LogP) is -0.364. The summed E-state index contributed by atoms with van der Waals surface area (Å²) >= 11 is 0. The van der Waals surface area contributed by atoms with Crippen molar-refractivity contribution in [3.8, 4) is 0 Å². The zero-order chi connectivity index (χ0) is 5.86. The fourth-order valence-corrected chi connectivity index (χ4v) is 0.351. The third-order valence-electron chi connectivity index (χ3n) is 0.498. The van der Waals surface area contributed by atoms with E-state index < -0.39 is 0 Å². The van der Waals surface area contributed by atoms with Crippen LogP contribution in [0.15, 0.2) is 0 Å². The minimum atomic E-state index is -0.0625. The number of hydrogen-bond donors (Lipinski definition) is 0. The second-order valence-electron chi connectivity index (χ2n) is 1.58. The minimum Gasteiger partial charge on any atom is 0 e. The van der Waals surface area contributed by atoms with Crippen LogP contribution in [0.4, 0.5) is 0 Å². The van der Waals surface area contributed by atoms with E-state index in [9.17, 15) is 9.59 Å². The monoisotopic (exact) mass is 270 g/mol. The molecular weight excluding hydrogens is 259 g/mol. The average molecular weight is 269 g/mol. The Hall–Kier alpha value is 0.853. The first kappa shape index (κ1) is 16.4. The molecule has 0 saturated heterocycles. The molecule has 0 unspecified atom stereocenters. The van der Waals surface area contributed by atoms with Gasteiger partial charge in [-0.05, 0) is 13.8 Å². The molecule has 0 aromatic heterocycles. The molecule has 0 aliphatic heterocycles. The van der Waals surface area contributed by atoms with E-state index >= 15 is 0 Å². The standard InChI is InChI=1S/C5H8O2.Sn.Ti.2H/c1-4(6)3-5(2)7;;;;/h3H2,1-2H3;;;;. The van der Waals surface area contributed by atoms with Crippen molar-refractivity contribution in [2.75, 3.05) is 0 Å². The van der Waals surface area contributed by atoms with E-state index in [2.05, 4.69) is 0 Å². The van der Waals surface area contributed by atoms with Gasteiger partial charge in [0.15, 0.2) is 0 Å². The molecule has 0 heterocycles. The van der Waals surface area contributed by atoms with Gasteiger partial charge >= 0.3 is 23.9 Å². The van der Waals surface area contributed by atoms with E-state index in [1.807, 2.05) is 0 Å². The first-order valence-corrected chi connectivity index (χ1v) is 2.12. The predicted molar refractivity (Wildman–Crippen MR) is 34.5 cm³/mol. The van der Waals surface area contributed by atoms with Gasteiger partial charge in [0.25, 0.3) is 0 Å². The maximum atomic E-state index is 10.0. The molecular formula is C5H10O2SnTi. The molecule has 0 saturated carbocycles. The molecule has 2 radical (unpaired) electrons. The number of ketones is 2. The van der Waals surface area contributed by atoms with Crippen molar-refractivity contribution in [2.24, 2.45) is 0 Å². The van der Waals surface area contributed by atoms with E-state index in [0.29, 0.717) is 0 Å². The second kappa shape index (κ2) is 8.85. The van der Waals surface area contributed by atoms with Crippen LogP contribution in [0.1, 0.15) is 20.3 Å². The van der Waals surface area contributed by atoms with Crippen molar-refractivity contribution in [2.45, 2.75) is 20.3 Å². The van der Waals surface area contributed by atoms with Gasteiger partial charge in [-0.1, -0.05) is 0 Å². The molecule has 0 spiro atoms. The number of hydrogen-bond acceptors (Lipinski definition) is 2. The minimum absolute atomic E-state index is 0. The van der Waals surface area contributed by atoms with Gasteiger partial charge in [0, 0.05) is 21.7 Å². The third-order valence-corrected chi connectivity index (χ3v) is 0.498. The van der Waals surface area contributed by atoms with E-state index in [0.717, 1.165) is 0 Å². The van der Waals surface area contributed by atoms with Crippen molar-refractivity contribution < 1.29 is 31.3 Å². The molecule has 0 aromatic rings. The Morgan fingerprint density at radius 2 is 1.33 bits per heavy atom. The molecule has 9 heavy (non-hydrogen) atoms. The summed E-state index contributed by atoms with van der Waals surface area (Å²) in [4.78, 5) is 20.1. The fourth-order valence-electron chi connectivity index (χ4n) is 0.351. The second-order valence-corrected chi connectivity index (χ2v) is 1.58. The summed E-state index contributed by atoms with van der Waals surface area (Å²) < 4.78 is 0. The Labute approximate surface area is 86.6 Å². The van der Waals surface area contributed by atoms with Gasteiger partial charge in [0.1, 0.15) is 11.6 Å². The summed E-state index contributed by atoms with van der Waals surface area (Å²) in [6.07, 6.45) is 0.0833. The Kier molecular flexibility index (Phi) is 16.2. The molecule has 0 atom stereocenters. The topological polar surface area (TPSA) is 34.1 Å². The van der Waals surface area contributed by atoms with E-state index in [1.165, 1.54) is 13.8 Å². The molecule has 0 N–H and O–H groups in total. The van der Waals surface area contributed by atoms with Crippen LogP contribution in [0.5, 0.6) is 0 Å². The van der Waals surface area contributed by atoms with Gasteiger partial charge < -0.3 is 0 Å². The SMILES string of the molecule is CC(=O)CC(C)=O.[SnH2].[Ti]. The summed E-state index contributed by atoms with van der Waals surface area (Å²) in [5.74, 6) is -0.125. The van der Waals surface area contributed by atoms with Gasteiger partial charge in [-0.2, -0.15) is 0 Å². The molecule has 0 aromatic carbocycles. The summed E-state index contributed by atoms with van der Waals surface area (Å²) in [6.45, 7) is 2.81. The van der Waals surface area contributed by atoms with Crippen molar-refractivity contribution in [1.82, 2.24) is 0 Å². The van der Waals surface area contributed by atoms with E-state index in [1.54, 1.807) is 0 Å². The van der Waals surface area contributed by atoms with Crippen LogP contribution in [0.25, 0.3) is 0 Å². The van der Waals surface area contributed by atoms with Crippen LogP contribution >= 0.6 is 0 Å². The van der Waals surface area contributed by atoms with Gasteiger partial charge in [0.05, 0.1) is 6.42 Å². The van der Waals surface area contributed by atoms with E-state index in [-0.39, 0.29) is 63.6 Å². The van der Waals surface area contributed by atoms with Crippen molar-refractivity contribution in [3.63, 3.8) is 0 Å². The maximum Gasteiger partial charge on any atom is 0 e. The molecule has 50 valence electrons.